The number of aromatic nitrogens is 3. The summed E-state index contributed by atoms with van der Waals surface area (Å²) in [7, 11) is 0. The van der Waals surface area contributed by atoms with Crippen LogP contribution in [0.1, 0.15) is 24.2 Å². The Balaban J connectivity index is 1.41. The zero-order chi connectivity index (χ0) is 22.1. The van der Waals surface area contributed by atoms with E-state index in [9.17, 15) is 4.79 Å². The van der Waals surface area contributed by atoms with Gasteiger partial charge in [-0.1, -0.05) is 18.2 Å². The summed E-state index contributed by atoms with van der Waals surface area (Å²) in [6.45, 7) is 8.69. The molecule has 1 saturated heterocycles. The molecule has 0 atom stereocenters. The number of nitrogens with one attached hydrogen (secondary N) is 2. The number of imidazole rings is 1. The van der Waals surface area contributed by atoms with Gasteiger partial charge in [-0.05, 0) is 38.1 Å². The van der Waals surface area contributed by atoms with Crippen molar-refractivity contribution in [2.24, 2.45) is 0 Å². The molecule has 0 unspecified atom stereocenters. The number of para-hydroxylation sites is 1. The van der Waals surface area contributed by atoms with Gasteiger partial charge in [-0.2, -0.15) is 0 Å². The first kappa shape index (κ1) is 20.7. The maximum absolute atomic E-state index is 12.8. The summed E-state index contributed by atoms with van der Waals surface area (Å²) in [5.74, 6) is 0.553. The van der Waals surface area contributed by atoms with E-state index in [1.807, 2.05) is 17.5 Å². The molecule has 0 bridgehead atoms. The molecule has 32 heavy (non-hydrogen) atoms. The molecule has 5 rings (SSSR count). The minimum Gasteiger partial charge on any atom is -0.369 e. The van der Waals surface area contributed by atoms with Crippen molar-refractivity contribution in [2.45, 2.75) is 19.9 Å². The van der Waals surface area contributed by atoms with Gasteiger partial charge < -0.3 is 9.88 Å². The van der Waals surface area contributed by atoms with E-state index < -0.39 is 0 Å². The maximum atomic E-state index is 12.8. The van der Waals surface area contributed by atoms with Gasteiger partial charge in [0.2, 0.25) is 0 Å². The highest BCUT2D eigenvalue weighted by atomic mass is 32.1. The molecule has 7 nitrogen and oxygen atoms in total. The van der Waals surface area contributed by atoms with Crippen molar-refractivity contribution in [1.29, 1.82) is 0 Å². The van der Waals surface area contributed by atoms with Crippen LogP contribution in [0.15, 0.2) is 54.0 Å². The minimum absolute atomic E-state index is 0.208. The van der Waals surface area contributed by atoms with E-state index in [4.69, 9.17) is 4.98 Å². The average molecular weight is 447 g/mol. The molecule has 2 aromatic carbocycles. The van der Waals surface area contributed by atoms with Gasteiger partial charge in [-0.25, -0.2) is 9.97 Å². The predicted molar refractivity (Wildman–Crippen MR) is 131 cm³/mol. The van der Waals surface area contributed by atoms with Crippen molar-refractivity contribution in [2.75, 3.05) is 36.4 Å². The molecular weight excluding hydrogens is 420 g/mol. The number of hydrogen-bond donors (Lipinski definition) is 2. The normalized spacial score (nSPS) is 14.9. The summed E-state index contributed by atoms with van der Waals surface area (Å²) >= 11 is 1.39. The highest BCUT2D eigenvalue weighted by molar-refractivity contribution is 7.13. The van der Waals surface area contributed by atoms with E-state index in [2.05, 4.69) is 63.2 Å². The number of carbonyl (C=O) groups is 1. The van der Waals surface area contributed by atoms with Gasteiger partial charge in [0.15, 0.2) is 5.13 Å². The lowest BCUT2D eigenvalue weighted by Gasteiger charge is -2.38. The van der Waals surface area contributed by atoms with Crippen LogP contribution in [0, 0.1) is 0 Å². The molecule has 0 aliphatic carbocycles. The Morgan fingerprint density at radius 1 is 1.12 bits per heavy atom. The number of fused-ring (bicyclic) bond motifs is 1. The molecule has 2 N–H and O–H groups in total. The molecule has 2 aromatic heterocycles. The number of piperazine rings is 1. The number of aromatic amines is 1. The van der Waals surface area contributed by atoms with Gasteiger partial charge >= 0.3 is 0 Å². The third-order valence-corrected chi connectivity index (χ3v) is 6.63. The number of benzene rings is 2. The zero-order valence-electron chi connectivity index (χ0n) is 18.2. The fourth-order valence-corrected chi connectivity index (χ4v) is 4.67. The third kappa shape index (κ3) is 4.11. The van der Waals surface area contributed by atoms with Gasteiger partial charge in [0.05, 0.1) is 11.1 Å². The lowest BCUT2D eigenvalue weighted by molar-refractivity contribution is 0.102. The molecule has 1 aliphatic heterocycles. The van der Waals surface area contributed by atoms with E-state index in [1.165, 1.54) is 17.0 Å². The molecular formula is C24H26N6OS. The SMILES string of the molecule is CC(C)N1CCN(c2cccc(-c3nc4c(C(=O)Nc5nccs5)cccc4[nH]3)c2)CC1. The Morgan fingerprint density at radius 3 is 2.69 bits per heavy atom. The summed E-state index contributed by atoms with van der Waals surface area (Å²) < 4.78 is 0. The Bertz CT molecular complexity index is 1220. The monoisotopic (exact) mass is 446 g/mol. The van der Waals surface area contributed by atoms with Crippen LogP contribution in [0.4, 0.5) is 10.8 Å². The largest absolute Gasteiger partial charge is 0.369 e. The number of H-pyrrole nitrogens is 1. The second-order valence-electron chi connectivity index (χ2n) is 8.25. The molecule has 3 heterocycles. The number of thiazole rings is 1. The first-order valence-electron chi connectivity index (χ1n) is 10.9. The first-order valence-corrected chi connectivity index (χ1v) is 11.8. The number of hydrogen-bond acceptors (Lipinski definition) is 6. The van der Waals surface area contributed by atoms with E-state index in [1.54, 1.807) is 12.3 Å². The number of rotatable bonds is 5. The lowest BCUT2D eigenvalue weighted by atomic mass is 10.1. The topological polar surface area (TPSA) is 77.2 Å². The molecule has 1 aliphatic rings. The third-order valence-electron chi connectivity index (χ3n) is 5.94. The quantitative estimate of drug-likeness (QED) is 0.473. The van der Waals surface area contributed by atoms with Crippen molar-refractivity contribution >= 4 is 39.1 Å². The van der Waals surface area contributed by atoms with Crippen molar-refractivity contribution < 1.29 is 4.79 Å². The van der Waals surface area contributed by atoms with Gasteiger partial charge in [-0.15, -0.1) is 11.3 Å². The maximum Gasteiger partial charge on any atom is 0.259 e. The smallest absolute Gasteiger partial charge is 0.259 e. The molecule has 0 radical (unpaired) electrons. The van der Waals surface area contributed by atoms with Gasteiger partial charge in [-0.3, -0.25) is 15.0 Å². The van der Waals surface area contributed by atoms with Gasteiger partial charge in [0.25, 0.3) is 5.91 Å². The molecule has 0 spiro atoms. The summed E-state index contributed by atoms with van der Waals surface area (Å²) in [5.41, 5.74) is 4.24. The van der Waals surface area contributed by atoms with Crippen LogP contribution in [0.2, 0.25) is 0 Å². The predicted octanol–water partition coefficient (Wildman–Crippen LogP) is 4.47. The van der Waals surface area contributed by atoms with Crippen molar-refractivity contribution in [3.63, 3.8) is 0 Å². The summed E-state index contributed by atoms with van der Waals surface area (Å²) in [5, 5.41) is 5.26. The zero-order valence-corrected chi connectivity index (χ0v) is 19.0. The minimum atomic E-state index is -0.208. The van der Waals surface area contributed by atoms with Crippen LogP contribution < -0.4 is 10.2 Å². The number of amides is 1. The van der Waals surface area contributed by atoms with Gasteiger partial charge in [0.1, 0.15) is 11.3 Å². The highest BCUT2D eigenvalue weighted by Gasteiger charge is 2.20. The van der Waals surface area contributed by atoms with Crippen LogP contribution in [-0.2, 0) is 0 Å². The fraction of sp³-hybridized carbons (Fsp3) is 0.292. The average Bonchev–Trinajstić information content (AvgIpc) is 3.48. The molecule has 4 aromatic rings. The van der Waals surface area contributed by atoms with Crippen molar-refractivity contribution in [1.82, 2.24) is 19.9 Å². The van der Waals surface area contributed by atoms with E-state index in [0.717, 1.165) is 43.1 Å². The first-order chi connectivity index (χ1) is 15.6. The van der Waals surface area contributed by atoms with Crippen LogP contribution in [0.5, 0.6) is 0 Å². The van der Waals surface area contributed by atoms with Crippen LogP contribution in [0.3, 0.4) is 0 Å². The Kier molecular flexibility index (Phi) is 5.63. The van der Waals surface area contributed by atoms with Crippen LogP contribution in [0.25, 0.3) is 22.4 Å². The molecule has 1 fully saturated rings. The molecule has 1 amide bonds. The van der Waals surface area contributed by atoms with Gasteiger partial charge in [0, 0.05) is 55.0 Å². The Morgan fingerprint density at radius 2 is 1.94 bits per heavy atom. The second-order valence-corrected chi connectivity index (χ2v) is 9.14. The van der Waals surface area contributed by atoms with Crippen molar-refractivity contribution in [3.8, 4) is 11.4 Å². The summed E-state index contributed by atoms with van der Waals surface area (Å²) in [6.07, 6.45) is 1.67. The van der Waals surface area contributed by atoms with E-state index >= 15 is 0 Å². The summed E-state index contributed by atoms with van der Waals surface area (Å²) in [6, 6.07) is 14.7. The summed E-state index contributed by atoms with van der Waals surface area (Å²) in [4.78, 5) is 30.1. The fourth-order valence-electron chi connectivity index (χ4n) is 4.15. The Labute approximate surface area is 191 Å². The van der Waals surface area contributed by atoms with Crippen LogP contribution >= 0.6 is 11.3 Å². The molecule has 8 heteroatoms. The molecule has 164 valence electrons. The van der Waals surface area contributed by atoms with Crippen molar-refractivity contribution in [3.05, 3.63) is 59.6 Å². The second kappa shape index (κ2) is 8.72. The van der Waals surface area contributed by atoms with E-state index in [0.29, 0.717) is 22.3 Å². The Hall–Kier alpha value is -3.23. The lowest BCUT2D eigenvalue weighted by Crippen LogP contribution is -2.48. The highest BCUT2D eigenvalue weighted by Crippen LogP contribution is 2.27. The number of nitrogens with zero attached hydrogens (tertiary/aromatic N) is 4. The number of carbonyl (C=O) groups excluding carboxylic acids is 1. The standard InChI is InChI=1S/C24H26N6OS/c1-16(2)29-10-12-30(13-11-29)18-6-3-5-17(15-18)22-26-20-8-4-7-19(21(20)27-22)23(31)28-24-25-9-14-32-24/h3-9,14-16H,10-13H2,1-2H3,(H,26,27)(H,25,28,31). The number of anilines is 2. The molecule has 0 saturated carbocycles. The van der Waals surface area contributed by atoms with E-state index in [-0.39, 0.29) is 5.91 Å². The van der Waals surface area contributed by atoms with Crippen LogP contribution in [-0.4, -0.2) is 58.0 Å².